The summed E-state index contributed by atoms with van der Waals surface area (Å²) in [5.74, 6) is 0.479. The van der Waals surface area contributed by atoms with Crippen molar-refractivity contribution in [2.45, 2.75) is 62.5 Å². The van der Waals surface area contributed by atoms with E-state index in [1.54, 1.807) is 40.5 Å². The van der Waals surface area contributed by atoms with Crippen LogP contribution < -0.4 is 4.74 Å². The van der Waals surface area contributed by atoms with Gasteiger partial charge in [0.1, 0.15) is 11.9 Å². The van der Waals surface area contributed by atoms with Crippen molar-refractivity contribution in [2.75, 3.05) is 20.1 Å². The molecule has 1 aliphatic carbocycles. The summed E-state index contributed by atoms with van der Waals surface area (Å²) in [6.45, 7) is 2.90. The summed E-state index contributed by atoms with van der Waals surface area (Å²) in [5.41, 5.74) is 1.46. The van der Waals surface area contributed by atoms with Crippen molar-refractivity contribution in [1.82, 2.24) is 9.21 Å². The Morgan fingerprint density at radius 3 is 2.50 bits per heavy atom. The Morgan fingerprint density at radius 2 is 1.69 bits per heavy atom. The van der Waals surface area contributed by atoms with Gasteiger partial charge in [0, 0.05) is 20.1 Å². The molecular formula is C25H32N2O4S. The molecule has 172 valence electrons. The van der Waals surface area contributed by atoms with E-state index in [4.69, 9.17) is 4.74 Å². The number of hydrogen-bond acceptors (Lipinski definition) is 4. The molecule has 1 amide bonds. The van der Waals surface area contributed by atoms with Crippen molar-refractivity contribution in [3.8, 4) is 5.75 Å². The maximum atomic E-state index is 13.8. The lowest BCUT2D eigenvalue weighted by Crippen LogP contribution is -2.51. The molecule has 32 heavy (non-hydrogen) atoms. The van der Waals surface area contributed by atoms with Crippen LogP contribution in [0.5, 0.6) is 5.75 Å². The normalized spacial score (nSPS) is 23.3. The zero-order chi connectivity index (χ0) is 22.7. The number of ether oxygens (including phenoxy) is 1. The van der Waals surface area contributed by atoms with E-state index in [0.717, 1.165) is 37.7 Å². The van der Waals surface area contributed by atoms with Gasteiger partial charge in [0.2, 0.25) is 10.0 Å². The summed E-state index contributed by atoms with van der Waals surface area (Å²) in [6.07, 6.45) is 4.61. The van der Waals surface area contributed by atoms with E-state index in [1.807, 2.05) is 31.2 Å². The number of hydrogen-bond donors (Lipinski definition) is 0. The Balaban J connectivity index is 1.75. The van der Waals surface area contributed by atoms with Crippen LogP contribution >= 0.6 is 0 Å². The van der Waals surface area contributed by atoms with E-state index < -0.39 is 10.0 Å². The summed E-state index contributed by atoms with van der Waals surface area (Å²) < 4.78 is 35.7. The van der Waals surface area contributed by atoms with Gasteiger partial charge in [-0.15, -0.1) is 0 Å². The third-order valence-electron chi connectivity index (χ3n) is 6.50. The van der Waals surface area contributed by atoms with Crippen molar-refractivity contribution in [3.63, 3.8) is 0 Å². The Morgan fingerprint density at radius 1 is 0.938 bits per heavy atom. The van der Waals surface area contributed by atoms with Crippen LogP contribution in [0.1, 0.15) is 54.4 Å². The van der Waals surface area contributed by atoms with Gasteiger partial charge in [-0.05, 0) is 68.9 Å². The highest BCUT2D eigenvalue weighted by Crippen LogP contribution is 2.33. The lowest BCUT2D eigenvalue weighted by Gasteiger charge is -2.39. The van der Waals surface area contributed by atoms with Gasteiger partial charge in [-0.25, -0.2) is 8.42 Å². The zero-order valence-corrected chi connectivity index (χ0v) is 19.7. The van der Waals surface area contributed by atoms with Gasteiger partial charge in [0.05, 0.1) is 16.5 Å². The number of carbonyl (C=O) groups excluding carboxylic acids is 1. The largest absolute Gasteiger partial charge is 0.488 e. The fourth-order valence-corrected chi connectivity index (χ4v) is 6.58. The molecule has 2 atom stereocenters. The first-order valence-corrected chi connectivity index (χ1v) is 12.9. The van der Waals surface area contributed by atoms with Crippen LogP contribution in [0, 0.1) is 6.92 Å². The summed E-state index contributed by atoms with van der Waals surface area (Å²) in [4.78, 5) is 15.0. The maximum Gasteiger partial charge on any atom is 0.257 e. The second-order valence-corrected chi connectivity index (χ2v) is 10.8. The molecule has 0 N–H and O–H groups in total. The number of nitrogens with zero attached hydrogens (tertiary/aromatic N) is 2. The second kappa shape index (κ2) is 9.63. The van der Waals surface area contributed by atoms with Crippen LogP contribution in [0.15, 0.2) is 53.4 Å². The van der Waals surface area contributed by atoms with E-state index in [9.17, 15) is 13.2 Å². The van der Waals surface area contributed by atoms with E-state index in [1.165, 1.54) is 0 Å². The Labute approximate surface area is 191 Å². The monoisotopic (exact) mass is 456 g/mol. The first-order valence-electron chi connectivity index (χ1n) is 11.5. The fraction of sp³-hybridized carbons (Fsp3) is 0.480. The standard InChI is InChI=1S/C25H32N2O4S/c1-19-10-9-11-20(18-19)32(29,30)27-17-8-7-16-26(2)25(28)21-12-3-5-14-23(21)31-24-15-6-4-13-22(24)27/h3,5,9-12,14,18,22,24H,4,6-8,13,15-17H2,1-2H3/t22-,24+/m1/s1. The Bertz CT molecular complexity index is 1070. The van der Waals surface area contributed by atoms with Gasteiger partial charge in [-0.1, -0.05) is 30.7 Å². The molecule has 0 bridgehead atoms. The zero-order valence-electron chi connectivity index (χ0n) is 18.9. The van der Waals surface area contributed by atoms with Gasteiger partial charge in [0.25, 0.3) is 5.91 Å². The summed E-state index contributed by atoms with van der Waals surface area (Å²) in [5, 5.41) is 0. The Hall–Kier alpha value is -2.38. The highest BCUT2D eigenvalue weighted by molar-refractivity contribution is 7.89. The first kappa shape index (κ1) is 22.8. The summed E-state index contributed by atoms with van der Waals surface area (Å²) >= 11 is 0. The number of amides is 1. The van der Waals surface area contributed by atoms with Crippen molar-refractivity contribution in [2.24, 2.45) is 0 Å². The molecule has 2 aliphatic rings. The van der Waals surface area contributed by atoms with Crippen LogP contribution in [-0.4, -0.2) is 55.8 Å². The van der Waals surface area contributed by atoms with E-state index in [-0.39, 0.29) is 18.1 Å². The molecule has 1 saturated carbocycles. The molecule has 7 heteroatoms. The average molecular weight is 457 g/mol. The number of carbonyl (C=O) groups is 1. The van der Waals surface area contributed by atoms with Gasteiger partial charge < -0.3 is 9.64 Å². The number of rotatable bonds is 2. The molecule has 0 spiro atoms. The summed E-state index contributed by atoms with van der Waals surface area (Å²) in [6, 6.07) is 14.2. The van der Waals surface area contributed by atoms with E-state index in [2.05, 4.69) is 0 Å². The minimum atomic E-state index is -3.67. The number of para-hydroxylation sites is 1. The van der Waals surface area contributed by atoms with Gasteiger partial charge >= 0.3 is 0 Å². The highest BCUT2D eigenvalue weighted by atomic mass is 32.2. The quantitative estimate of drug-likeness (QED) is 0.678. The Kier molecular flexibility index (Phi) is 6.86. The molecule has 6 nitrogen and oxygen atoms in total. The third-order valence-corrected chi connectivity index (χ3v) is 8.42. The number of aryl methyl sites for hydroxylation is 1. The van der Waals surface area contributed by atoms with Crippen LogP contribution in [0.25, 0.3) is 0 Å². The minimum Gasteiger partial charge on any atom is -0.488 e. The summed E-state index contributed by atoms with van der Waals surface area (Å²) in [7, 11) is -1.89. The molecule has 0 aromatic heterocycles. The number of sulfonamides is 1. The van der Waals surface area contributed by atoms with Crippen molar-refractivity contribution in [3.05, 3.63) is 59.7 Å². The molecule has 0 unspecified atom stereocenters. The number of fused-ring (bicyclic) bond motifs is 2. The molecule has 1 aliphatic heterocycles. The molecule has 2 aromatic carbocycles. The van der Waals surface area contributed by atoms with Crippen LogP contribution in [0.2, 0.25) is 0 Å². The van der Waals surface area contributed by atoms with Crippen LogP contribution in [0.4, 0.5) is 0 Å². The molecule has 2 aromatic rings. The van der Waals surface area contributed by atoms with Gasteiger partial charge in [0.15, 0.2) is 0 Å². The highest BCUT2D eigenvalue weighted by Gasteiger charge is 2.39. The number of benzene rings is 2. The molecule has 4 rings (SSSR count). The van der Waals surface area contributed by atoms with Gasteiger partial charge in [-0.3, -0.25) is 4.79 Å². The smallest absolute Gasteiger partial charge is 0.257 e. The SMILES string of the molecule is Cc1cccc(S(=O)(=O)N2CCCCN(C)C(=O)c3ccccc3O[C@H]3CCCC[C@H]32)c1. The molecule has 0 saturated heterocycles. The minimum absolute atomic E-state index is 0.0576. The van der Waals surface area contributed by atoms with E-state index >= 15 is 0 Å². The molecular weight excluding hydrogens is 424 g/mol. The predicted octanol–water partition coefficient (Wildman–Crippen LogP) is 4.24. The molecule has 0 radical (unpaired) electrons. The fourth-order valence-electron chi connectivity index (χ4n) is 4.75. The lowest BCUT2D eigenvalue weighted by atomic mass is 9.92. The topological polar surface area (TPSA) is 66.9 Å². The lowest BCUT2D eigenvalue weighted by molar-refractivity contribution is 0.0658. The van der Waals surface area contributed by atoms with E-state index in [0.29, 0.717) is 35.7 Å². The van der Waals surface area contributed by atoms with Gasteiger partial charge in [-0.2, -0.15) is 4.31 Å². The van der Waals surface area contributed by atoms with Crippen molar-refractivity contribution < 1.29 is 17.9 Å². The first-order chi connectivity index (χ1) is 15.4. The van der Waals surface area contributed by atoms with Crippen molar-refractivity contribution >= 4 is 15.9 Å². The van der Waals surface area contributed by atoms with Crippen LogP contribution in [-0.2, 0) is 10.0 Å². The van der Waals surface area contributed by atoms with Crippen molar-refractivity contribution in [1.29, 1.82) is 0 Å². The average Bonchev–Trinajstić information content (AvgIpc) is 2.79. The predicted molar refractivity (Wildman–Crippen MR) is 124 cm³/mol. The third kappa shape index (κ3) is 4.69. The molecule has 1 fully saturated rings. The second-order valence-electron chi connectivity index (χ2n) is 8.87. The van der Waals surface area contributed by atoms with Crippen LogP contribution in [0.3, 0.4) is 0 Å². The molecule has 1 heterocycles. The maximum absolute atomic E-state index is 13.8.